The van der Waals surface area contributed by atoms with Gasteiger partial charge >= 0.3 is 0 Å². The van der Waals surface area contributed by atoms with Crippen molar-refractivity contribution in [2.24, 2.45) is 0 Å². The quantitative estimate of drug-likeness (QED) is 0.915. The SMILES string of the molecule is CCOc1cccc(C(O)c2cc(C)nnc2C)c1. The maximum Gasteiger partial charge on any atom is 0.119 e. The highest BCUT2D eigenvalue weighted by Gasteiger charge is 2.15. The van der Waals surface area contributed by atoms with Crippen molar-refractivity contribution >= 4 is 0 Å². The summed E-state index contributed by atoms with van der Waals surface area (Å²) < 4.78 is 5.45. The van der Waals surface area contributed by atoms with Gasteiger partial charge in [-0.2, -0.15) is 10.2 Å². The number of aryl methyl sites for hydroxylation is 2. The van der Waals surface area contributed by atoms with Crippen molar-refractivity contribution in [3.63, 3.8) is 0 Å². The molecular formula is C15H18N2O2. The Labute approximate surface area is 113 Å². The molecular weight excluding hydrogens is 240 g/mol. The highest BCUT2D eigenvalue weighted by atomic mass is 16.5. The van der Waals surface area contributed by atoms with Crippen molar-refractivity contribution in [3.05, 3.63) is 52.8 Å². The Hall–Kier alpha value is -1.94. The number of nitrogens with zero attached hydrogens (tertiary/aromatic N) is 2. The first-order chi connectivity index (χ1) is 9.11. The van der Waals surface area contributed by atoms with E-state index in [0.29, 0.717) is 6.61 Å². The van der Waals surface area contributed by atoms with Gasteiger partial charge in [0, 0.05) is 5.56 Å². The smallest absolute Gasteiger partial charge is 0.119 e. The Morgan fingerprint density at radius 1 is 1.21 bits per heavy atom. The lowest BCUT2D eigenvalue weighted by Crippen LogP contribution is -2.06. The Balaban J connectivity index is 2.35. The molecule has 1 atom stereocenters. The van der Waals surface area contributed by atoms with E-state index in [4.69, 9.17) is 4.74 Å². The maximum absolute atomic E-state index is 10.5. The second-order valence-electron chi connectivity index (χ2n) is 4.43. The van der Waals surface area contributed by atoms with Crippen molar-refractivity contribution in [2.75, 3.05) is 6.61 Å². The van der Waals surface area contributed by atoms with E-state index in [1.54, 1.807) is 0 Å². The summed E-state index contributed by atoms with van der Waals surface area (Å²) in [5.74, 6) is 0.760. The zero-order valence-electron chi connectivity index (χ0n) is 11.4. The predicted octanol–water partition coefficient (Wildman–Crippen LogP) is 2.57. The normalized spacial score (nSPS) is 12.2. The van der Waals surface area contributed by atoms with E-state index in [9.17, 15) is 5.11 Å². The monoisotopic (exact) mass is 258 g/mol. The number of rotatable bonds is 4. The summed E-state index contributed by atoms with van der Waals surface area (Å²) in [5.41, 5.74) is 3.10. The lowest BCUT2D eigenvalue weighted by atomic mass is 10.0. The third-order valence-corrected chi connectivity index (χ3v) is 2.92. The van der Waals surface area contributed by atoms with Gasteiger partial charge in [-0.25, -0.2) is 0 Å². The molecule has 0 aliphatic carbocycles. The number of ether oxygens (including phenoxy) is 1. The molecule has 0 spiro atoms. The van der Waals surface area contributed by atoms with E-state index in [2.05, 4.69) is 10.2 Å². The molecule has 1 aromatic heterocycles. The zero-order valence-corrected chi connectivity index (χ0v) is 11.4. The van der Waals surface area contributed by atoms with Crippen molar-refractivity contribution in [1.29, 1.82) is 0 Å². The van der Waals surface area contributed by atoms with E-state index in [-0.39, 0.29) is 0 Å². The van der Waals surface area contributed by atoms with E-state index in [0.717, 1.165) is 28.3 Å². The van der Waals surface area contributed by atoms with Gasteiger partial charge in [0.25, 0.3) is 0 Å². The van der Waals surface area contributed by atoms with Crippen molar-refractivity contribution in [3.8, 4) is 5.75 Å². The van der Waals surface area contributed by atoms with Crippen molar-refractivity contribution in [2.45, 2.75) is 26.9 Å². The van der Waals surface area contributed by atoms with Gasteiger partial charge in [0.05, 0.1) is 18.0 Å². The number of aliphatic hydroxyl groups is 1. The van der Waals surface area contributed by atoms with Crippen LogP contribution < -0.4 is 4.74 Å². The minimum Gasteiger partial charge on any atom is -0.494 e. The molecule has 1 unspecified atom stereocenters. The topological polar surface area (TPSA) is 55.2 Å². The summed E-state index contributed by atoms with van der Waals surface area (Å²) >= 11 is 0. The third kappa shape index (κ3) is 3.09. The van der Waals surface area contributed by atoms with Crippen LogP contribution in [0.3, 0.4) is 0 Å². The molecule has 0 aliphatic heterocycles. The van der Waals surface area contributed by atoms with E-state index in [1.807, 2.05) is 51.1 Å². The second-order valence-corrected chi connectivity index (χ2v) is 4.43. The molecule has 0 amide bonds. The average Bonchev–Trinajstić information content (AvgIpc) is 2.41. The summed E-state index contributed by atoms with van der Waals surface area (Å²) in [6.45, 7) is 6.24. The second kappa shape index (κ2) is 5.80. The van der Waals surface area contributed by atoms with Crippen molar-refractivity contribution < 1.29 is 9.84 Å². The highest BCUT2D eigenvalue weighted by Crippen LogP contribution is 2.26. The molecule has 0 radical (unpaired) electrons. The van der Waals surface area contributed by atoms with Crippen LogP contribution in [0, 0.1) is 13.8 Å². The minimum absolute atomic E-state index is 0.606. The molecule has 2 rings (SSSR count). The number of benzene rings is 1. The van der Waals surface area contributed by atoms with Gasteiger partial charge in [-0.3, -0.25) is 0 Å². The minimum atomic E-state index is -0.713. The van der Waals surface area contributed by atoms with Crippen LogP contribution >= 0.6 is 0 Å². The molecule has 4 heteroatoms. The van der Waals surface area contributed by atoms with Crippen LogP contribution in [0.2, 0.25) is 0 Å². The van der Waals surface area contributed by atoms with Gasteiger partial charge in [-0.05, 0) is 44.5 Å². The molecule has 2 aromatic rings. The first kappa shape index (κ1) is 13.5. The zero-order chi connectivity index (χ0) is 13.8. The number of aromatic nitrogens is 2. The molecule has 1 heterocycles. The summed E-state index contributed by atoms with van der Waals surface area (Å²) in [4.78, 5) is 0. The fraction of sp³-hybridized carbons (Fsp3) is 0.333. The third-order valence-electron chi connectivity index (χ3n) is 2.92. The Kier molecular flexibility index (Phi) is 4.12. The largest absolute Gasteiger partial charge is 0.494 e. The van der Waals surface area contributed by atoms with Crippen LogP contribution in [-0.2, 0) is 0 Å². The Bertz CT molecular complexity index is 570. The lowest BCUT2D eigenvalue weighted by molar-refractivity contribution is 0.217. The van der Waals surface area contributed by atoms with Gasteiger partial charge in [-0.1, -0.05) is 12.1 Å². The van der Waals surface area contributed by atoms with Gasteiger partial charge < -0.3 is 9.84 Å². The number of aliphatic hydroxyl groups excluding tert-OH is 1. The van der Waals surface area contributed by atoms with Gasteiger partial charge in [0.15, 0.2) is 0 Å². The van der Waals surface area contributed by atoms with Crippen LogP contribution in [0.1, 0.15) is 35.5 Å². The van der Waals surface area contributed by atoms with Gasteiger partial charge in [-0.15, -0.1) is 0 Å². The van der Waals surface area contributed by atoms with E-state index in [1.165, 1.54) is 0 Å². The van der Waals surface area contributed by atoms with E-state index >= 15 is 0 Å². The van der Waals surface area contributed by atoms with Crippen LogP contribution in [0.4, 0.5) is 0 Å². The molecule has 0 aliphatic rings. The number of hydrogen-bond acceptors (Lipinski definition) is 4. The average molecular weight is 258 g/mol. The standard InChI is InChI=1S/C15H18N2O2/c1-4-19-13-7-5-6-12(9-13)15(18)14-8-10(2)16-17-11(14)3/h5-9,15,18H,4H2,1-3H3. The van der Waals surface area contributed by atoms with E-state index < -0.39 is 6.10 Å². The Morgan fingerprint density at radius 3 is 2.74 bits per heavy atom. The summed E-state index contributed by atoms with van der Waals surface area (Å²) in [5, 5.41) is 18.5. The summed E-state index contributed by atoms with van der Waals surface area (Å²) in [6, 6.07) is 9.34. The molecule has 4 nitrogen and oxygen atoms in total. The van der Waals surface area contributed by atoms with Crippen LogP contribution in [0.15, 0.2) is 30.3 Å². The molecule has 19 heavy (non-hydrogen) atoms. The van der Waals surface area contributed by atoms with Crippen LogP contribution in [0.25, 0.3) is 0 Å². The molecule has 1 aromatic carbocycles. The molecule has 100 valence electrons. The predicted molar refractivity (Wildman–Crippen MR) is 73.2 cm³/mol. The summed E-state index contributed by atoms with van der Waals surface area (Å²) in [7, 11) is 0. The molecule has 1 N–H and O–H groups in total. The number of hydrogen-bond donors (Lipinski definition) is 1. The van der Waals surface area contributed by atoms with Crippen LogP contribution in [0.5, 0.6) is 5.75 Å². The fourth-order valence-electron chi connectivity index (χ4n) is 1.97. The van der Waals surface area contributed by atoms with Crippen molar-refractivity contribution in [1.82, 2.24) is 10.2 Å². The lowest BCUT2D eigenvalue weighted by Gasteiger charge is -2.14. The molecule has 0 saturated carbocycles. The first-order valence-corrected chi connectivity index (χ1v) is 6.33. The first-order valence-electron chi connectivity index (χ1n) is 6.33. The molecule has 0 fully saturated rings. The Morgan fingerprint density at radius 2 is 2.00 bits per heavy atom. The van der Waals surface area contributed by atoms with Crippen LogP contribution in [-0.4, -0.2) is 21.9 Å². The summed E-state index contributed by atoms with van der Waals surface area (Å²) in [6.07, 6.45) is -0.713. The fourth-order valence-corrected chi connectivity index (χ4v) is 1.97. The van der Waals surface area contributed by atoms with Gasteiger partial charge in [0.1, 0.15) is 11.9 Å². The molecule has 0 bridgehead atoms. The maximum atomic E-state index is 10.5. The van der Waals surface area contributed by atoms with Gasteiger partial charge in [0.2, 0.25) is 0 Å². The molecule has 0 saturated heterocycles. The highest BCUT2D eigenvalue weighted by molar-refractivity contribution is 5.36.